The van der Waals surface area contributed by atoms with Gasteiger partial charge in [-0.3, -0.25) is 0 Å². The highest BCUT2D eigenvalue weighted by Crippen LogP contribution is 2.24. The Labute approximate surface area is 102 Å². The van der Waals surface area contributed by atoms with E-state index in [1.54, 1.807) is 0 Å². The maximum atomic E-state index is 8.55. The van der Waals surface area contributed by atoms with Crippen LogP contribution in [0.15, 0.2) is 12.2 Å². The topological polar surface area (TPSA) is 23.8 Å². The SMILES string of the molecule is CCCCCCCC=CC(C)(C)CCC#N. The number of hydrogen-bond donors (Lipinski definition) is 0. The van der Waals surface area contributed by atoms with Crippen molar-refractivity contribution in [1.82, 2.24) is 0 Å². The van der Waals surface area contributed by atoms with Crippen molar-refractivity contribution in [3.8, 4) is 6.07 Å². The summed E-state index contributed by atoms with van der Waals surface area (Å²) in [6.07, 6.45) is 14.1. The number of unbranched alkanes of at least 4 members (excludes halogenated alkanes) is 5. The van der Waals surface area contributed by atoms with Crippen LogP contribution in [-0.4, -0.2) is 0 Å². The first-order valence-corrected chi connectivity index (χ1v) is 6.67. The minimum Gasteiger partial charge on any atom is -0.198 e. The van der Waals surface area contributed by atoms with Gasteiger partial charge < -0.3 is 0 Å². The van der Waals surface area contributed by atoms with E-state index in [9.17, 15) is 0 Å². The minimum atomic E-state index is 0.194. The van der Waals surface area contributed by atoms with Crippen molar-refractivity contribution in [2.45, 2.75) is 72.1 Å². The Kier molecular flexibility index (Phi) is 9.00. The van der Waals surface area contributed by atoms with Crippen LogP contribution in [0.2, 0.25) is 0 Å². The lowest BCUT2D eigenvalue weighted by Gasteiger charge is -2.17. The highest BCUT2D eigenvalue weighted by atomic mass is 14.2. The summed E-state index contributed by atoms with van der Waals surface area (Å²) in [6, 6.07) is 2.21. The van der Waals surface area contributed by atoms with E-state index in [1.807, 2.05) is 0 Å². The van der Waals surface area contributed by atoms with Crippen molar-refractivity contribution in [1.29, 1.82) is 5.26 Å². The first-order valence-electron chi connectivity index (χ1n) is 6.67. The van der Waals surface area contributed by atoms with Gasteiger partial charge in [-0.15, -0.1) is 0 Å². The molecule has 0 saturated carbocycles. The molecule has 0 aromatic rings. The van der Waals surface area contributed by atoms with Gasteiger partial charge in [-0.1, -0.05) is 58.6 Å². The summed E-state index contributed by atoms with van der Waals surface area (Å²) in [6.45, 7) is 6.66. The summed E-state index contributed by atoms with van der Waals surface area (Å²) >= 11 is 0. The van der Waals surface area contributed by atoms with Crippen LogP contribution in [0.4, 0.5) is 0 Å². The quantitative estimate of drug-likeness (QED) is 0.386. The second kappa shape index (κ2) is 9.46. The number of allylic oxidation sites excluding steroid dienone is 2. The van der Waals surface area contributed by atoms with Crippen molar-refractivity contribution in [3.05, 3.63) is 12.2 Å². The molecule has 1 heteroatoms. The summed E-state index contributed by atoms with van der Waals surface area (Å²) in [5.74, 6) is 0. The molecule has 16 heavy (non-hydrogen) atoms. The molecule has 0 aromatic carbocycles. The molecule has 0 heterocycles. The van der Waals surface area contributed by atoms with E-state index >= 15 is 0 Å². The molecule has 0 spiro atoms. The average molecular weight is 221 g/mol. The molecule has 0 aliphatic carbocycles. The number of nitrogens with zero attached hydrogens (tertiary/aromatic N) is 1. The molecule has 0 radical (unpaired) electrons. The van der Waals surface area contributed by atoms with Gasteiger partial charge in [0.1, 0.15) is 0 Å². The third-order valence-corrected chi connectivity index (χ3v) is 2.92. The molecule has 0 atom stereocenters. The predicted octanol–water partition coefficient (Wildman–Crippen LogP) is 5.23. The summed E-state index contributed by atoms with van der Waals surface area (Å²) in [5.41, 5.74) is 0.194. The summed E-state index contributed by atoms with van der Waals surface area (Å²) < 4.78 is 0. The normalized spacial score (nSPS) is 11.9. The number of hydrogen-bond acceptors (Lipinski definition) is 1. The Bertz CT molecular complexity index is 220. The van der Waals surface area contributed by atoms with Gasteiger partial charge >= 0.3 is 0 Å². The van der Waals surface area contributed by atoms with E-state index < -0.39 is 0 Å². The Balaban J connectivity index is 3.54. The van der Waals surface area contributed by atoms with Gasteiger partial charge in [0.15, 0.2) is 0 Å². The fraction of sp³-hybridized carbons (Fsp3) is 0.800. The van der Waals surface area contributed by atoms with Gasteiger partial charge in [-0.05, 0) is 24.7 Å². The minimum absolute atomic E-state index is 0.194. The molecule has 0 N–H and O–H groups in total. The first-order chi connectivity index (χ1) is 7.62. The number of nitriles is 1. The highest BCUT2D eigenvalue weighted by molar-refractivity contribution is 4.96. The second-order valence-electron chi connectivity index (χ2n) is 5.25. The molecule has 0 rings (SSSR count). The molecule has 0 unspecified atom stereocenters. The molecule has 0 aliphatic rings. The van der Waals surface area contributed by atoms with E-state index in [2.05, 4.69) is 39.0 Å². The van der Waals surface area contributed by atoms with Crippen LogP contribution in [0.3, 0.4) is 0 Å². The van der Waals surface area contributed by atoms with Crippen molar-refractivity contribution >= 4 is 0 Å². The molecule has 0 aliphatic heterocycles. The highest BCUT2D eigenvalue weighted by Gasteiger charge is 2.12. The van der Waals surface area contributed by atoms with E-state index in [4.69, 9.17) is 5.26 Å². The molecule has 92 valence electrons. The summed E-state index contributed by atoms with van der Waals surface area (Å²) in [4.78, 5) is 0. The van der Waals surface area contributed by atoms with Gasteiger partial charge in [0, 0.05) is 6.42 Å². The molecule has 0 fully saturated rings. The van der Waals surface area contributed by atoms with Crippen LogP contribution in [0.1, 0.15) is 72.1 Å². The molecular weight excluding hydrogens is 194 g/mol. The van der Waals surface area contributed by atoms with Gasteiger partial charge in [0.2, 0.25) is 0 Å². The van der Waals surface area contributed by atoms with Gasteiger partial charge in [-0.25, -0.2) is 0 Å². The van der Waals surface area contributed by atoms with Crippen molar-refractivity contribution in [2.24, 2.45) is 5.41 Å². The summed E-state index contributed by atoms with van der Waals surface area (Å²) in [7, 11) is 0. The van der Waals surface area contributed by atoms with Crippen molar-refractivity contribution in [2.75, 3.05) is 0 Å². The van der Waals surface area contributed by atoms with Crippen molar-refractivity contribution in [3.63, 3.8) is 0 Å². The van der Waals surface area contributed by atoms with Crippen LogP contribution < -0.4 is 0 Å². The lowest BCUT2D eigenvalue weighted by atomic mass is 9.87. The summed E-state index contributed by atoms with van der Waals surface area (Å²) in [5, 5.41) is 8.55. The monoisotopic (exact) mass is 221 g/mol. The Morgan fingerprint density at radius 3 is 2.44 bits per heavy atom. The zero-order valence-corrected chi connectivity index (χ0v) is 11.3. The lowest BCUT2D eigenvalue weighted by molar-refractivity contribution is 0.443. The van der Waals surface area contributed by atoms with Crippen LogP contribution >= 0.6 is 0 Å². The number of rotatable bonds is 9. The standard InChI is InChI=1S/C15H27N/c1-4-5-6-7-8-9-10-12-15(2,3)13-11-14-16/h10,12H,4-9,11,13H2,1-3H3. The fourth-order valence-corrected chi connectivity index (χ4v) is 1.73. The lowest BCUT2D eigenvalue weighted by Crippen LogP contribution is -2.06. The zero-order valence-electron chi connectivity index (χ0n) is 11.3. The zero-order chi connectivity index (χ0) is 12.3. The molecule has 0 aromatic heterocycles. The predicted molar refractivity (Wildman–Crippen MR) is 71.1 cm³/mol. The molecule has 0 amide bonds. The van der Waals surface area contributed by atoms with Crippen LogP contribution in [0.5, 0.6) is 0 Å². The Hall–Kier alpha value is -0.770. The van der Waals surface area contributed by atoms with Crippen LogP contribution in [-0.2, 0) is 0 Å². The average Bonchev–Trinajstić information content (AvgIpc) is 2.25. The fourth-order valence-electron chi connectivity index (χ4n) is 1.73. The maximum absolute atomic E-state index is 8.55. The van der Waals surface area contributed by atoms with Crippen LogP contribution in [0.25, 0.3) is 0 Å². The third-order valence-electron chi connectivity index (χ3n) is 2.92. The van der Waals surface area contributed by atoms with Gasteiger partial charge in [0.05, 0.1) is 6.07 Å². The van der Waals surface area contributed by atoms with Crippen molar-refractivity contribution < 1.29 is 0 Å². The maximum Gasteiger partial charge on any atom is 0.0622 e. The van der Waals surface area contributed by atoms with E-state index in [0.29, 0.717) is 6.42 Å². The van der Waals surface area contributed by atoms with E-state index in [0.717, 1.165) is 6.42 Å². The molecule has 0 bridgehead atoms. The van der Waals surface area contributed by atoms with Gasteiger partial charge in [-0.2, -0.15) is 5.26 Å². The van der Waals surface area contributed by atoms with Gasteiger partial charge in [0.25, 0.3) is 0 Å². The Morgan fingerprint density at radius 2 is 1.81 bits per heavy atom. The smallest absolute Gasteiger partial charge is 0.0622 e. The van der Waals surface area contributed by atoms with E-state index in [1.165, 1.54) is 38.5 Å². The Morgan fingerprint density at radius 1 is 1.12 bits per heavy atom. The molecule has 1 nitrogen and oxygen atoms in total. The van der Waals surface area contributed by atoms with E-state index in [-0.39, 0.29) is 5.41 Å². The van der Waals surface area contributed by atoms with Crippen LogP contribution in [0, 0.1) is 16.7 Å². The largest absolute Gasteiger partial charge is 0.198 e. The first kappa shape index (κ1) is 15.2. The molecule has 0 saturated heterocycles. The third kappa shape index (κ3) is 9.77. The second-order valence-corrected chi connectivity index (χ2v) is 5.25. The molecular formula is C15H27N.